The number of nitrogens with zero attached hydrogens (tertiary/aromatic N) is 2. The molecule has 4 rings (SSSR count). The van der Waals surface area contributed by atoms with E-state index in [4.69, 9.17) is 9.84 Å². The Morgan fingerprint density at radius 1 is 0.960 bits per heavy atom. The van der Waals surface area contributed by atoms with Crippen LogP contribution in [0.25, 0.3) is 27.7 Å². The largest absolute Gasteiger partial charge is 0.507 e. The van der Waals surface area contributed by atoms with Crippen LogP contribution in [0.15, 0.2) is 66.7 Å². The Bertz CT molecular complexity index is 1050. The van der Waals surface area contributed by atoms with Gasteiger partial charge in [0, 0.05) is 5.69 Å². The van der Waals surface area contributed by atoms with Gasteiger partial charge in [0.2, 0.25) is 0 Å². The zero-order chi connectivity index (χ0) is 17.4. The monoisotopic (exact) mass is 330 g/mol. The molecular formula is C21H18N2O2. The Balaban J connectivity index is 1.87. The van der Waals surface area contributed by atoms with E-state index in [1.54, 1.807) is 13.2 Å². The lowest BCUT2D eigenvalue weighted by molar-refractivity contribution is 0.414. The minimum atomic E-state index is 0.234. The van der Waals surface area contributed by atoms with E-state index in [2.05, 4.69) is 0 Å². The van der Waals surface area contributed by atoms with E-state index < -0.39 is 0 Å². The van der Waals surface area contributed by atoms with Gasteiger partial charge in [0.25, 0.3) is 0 Å². The smallest absolute Gasteiger partial charge is 0.125 e. The summed E-state index contributed by atoms with van der Waals surface area (Å²) in [4.78, 5) is 0. The third kappa shape index (κ3) is 2.62. The van der Waals surface area contributed by atoms with Gasteiger partial charge in [0.05, 0.1) is 24.1 Å². The van der Waals surface area contributed by atoms with Crippen molar-refractivity contribution in [3.63, 3.8) is 0 Å². The zero-order valence-corrected chi connectivity index (χ0v) is 14.1. The summed E-state index contributed by atoms with van der Waals surface area (Å²) >= 11 is 0. The molecule has 0 spiro atoms. The van der Waals surface area contributed by atoms with Gasteiger partial charge < -0.3 is 9.84 Å². The van der Waals surface area contributed by atoms with E-state index in [0.717, 1.165) is 39.2 Å². The van der Waals surface area contributed by atoms with E-state index in [0.29, 0.717) is 0 Å². The Morgan fingerprint density at radius 3 is 2.48 bits per heavy atom. The maximum Gasteiger partial charge on any atom is 0.125 e. The standard InChI is InChI=1S/C21H18N2O2/c1-14-13-19(22-23(14)16-8-10-17(25-2)11-9-16)21-18-6-4-3-5-15(18)7-12-20(21)24/h3-13,24H,1-2H3. The van der Waals surface area contributed by atoms with Crippen LogP contribution in [0.2, 0.25) is 0 Å². The number of aromatic hydroxyl groups is 1. The van der Waals surface area contributed by atoms with Crippen LogP contribution < -0.4 is 4.74 Å². The predicted octanol–water partition coefficient (Wildman–Crippen LogP) is 4.72. The van der Waals surface area contributed by atoms with E-state index in [9.17, 15) is 5.11 Å². The van der Waals surface area contributed by atoms with Crippen molar-refractivity contribution in [3.8, 4) is 28.4 Å². The van der Waals surface area contributed by atoms with E-state index in [-0.39, 0.29) is 5.75 Å². The van der Waals surface area contributed by atoms with Crippen molar-refractivity contribution in [2.75, 3.05) is 7.11 Å². The number of fused-ring (bicyclic) bond motifs is 1. The fourth-order valence-corrected chi connectivity index (χ4v) is 3.11. The number of aryl methyl sites for hydroxylation is 1. The fourth-order valence-electron chi connectivity index (χ4n) is 3.11. The van der Waals surface area contributed by atoms with Gasteiger partial charge in [-0.1, -0.05) is 30.3 Å². The second-order valence-electron chi connectivity index (χ2n) is 5.96. The van der Waals surface area contributed by atoms with Gasteiger partial charge in [-0.15, -0.1) is 0 Å². The zero-order valence-electron chi connectivity index (χ0n) is 14.1. The molecular weight excluding hydrogens is 312 g/mol. The van der Waals surface area contributed by atoms with Gasteiger partial charge >= 0.3 is 0 Å². The predicted molar refractivity (Wildman–Crippen MR) is 99.5 cm³/mol. The summed E-state index contributed by atoms with van der Waals surface area (Å²) in [6, 6.07) is 21.4. The van der Waals surface area contributed by atoms with Crippen molar-refractivity contribution in [1.29, 1.82) is 0 Å². The SMILES string of the molecule is COc1ccc(-n2nc(-c3c(O)ccc4ccccc34)cc2C)cc1. The van der Waals surface area contributed by atoms with Crippen LogP contribution in [-0.2, 0) is 0 Å². The molecule has 0 saturated heterocycles. The number of ether oxygens (including phenoxy) is 1. The normalized spacial score (nSPS) is 11.0. The number of aromatic nitrogens is 2. The number of benzene rings is 3. The lowest BCUT2D eigenvalue weighted by Gasteiger charge is -2.07. The van der Waals surface area contributed by atoms with Crippen LogP contribution >= 0.6 is 0 Å². The highest BCUT2D eigenvalue weighted by atomic mass is 16.5. The summed E-state index contributed by atoms with van der Waals surface area (Å²) in [6.07, 6.45) is 0. The van der Waals surface area contributed by atoms with Crippen LogP contribution in [0, 0.1) is 6.92 Å². The van der Waals surface area contributed by atoms with Gasteiger partial charge in [-0.25, -0.2) is 4.68 Å². The quantitative estimate of drug-likeness (QED) is 0.591. The highest BCUT2D eigenvalue weighted by molar-refractivity contribution is 5.98. The summed E-state index contributed by atoms with van der Waals surface area (Å²) in [5, 5.41) is 17.2. The van der Waals surface area contributed by atoms with Gasteiger partial charge in [-0.05, 0) is 54.1 Å². The molecule has 3 aromatic carbocycles. The van der Waals surface area contributed by atoms with Crippen LogP contribution in [0.5, 0.6) is 11.5 Å². The lowest BCUT2D eigenvalue weighted by Crippen LogP contribution is -1.98. The average Bonchev–Trinajstić information content (AvgIpc) is 3.03. The second kappa shape index (κ2) is 5.98. The molecule has 0 radical (unpaired) electrons. The number of phenols is 1. The van der Waals surface area contributed by atoms with Gasteiger partial charge in [-0.3, -0.25) is 0 Å². The van der Waals surface area contributed by atoms with Crippen LogP contribution in [-0.4, -0.2) is 22.0 Å². The molecule has 25 heavy (non-hydrogen) atoms. The van der Waals surface area contributed by atoms with Crippen molar-refractivity contribution in [2.45, 2.75) is 6.92 Å². The van der Waals surface area contributed by atoms with Gasteiger partial charge in [0.15, 0.2) is 0 Å². The Labute approximate surface area is 145 Å². The first-order valence-corrected chi connectivity index (χ1v) is 8.09. The lowest BCUT2D eigenvalue weighted by atomic mass is 10.0. The van der Waals surface area contributed by atoms with Crippen molar-refractivity contribution in [3.05, 3.63) is 72.4 Å². The minimum Gasteiger partial charge on any atom is -0.507 e. The summed E-state index contributed by atoms with van der Waals surface area (Å²) < 4.78 is 7.08. The molecule has 4 heteroatoms. The number of rotatable bonds is 3. The summed E-state index contributed by atoms with van der Waals surface area (Å²) in [5.41, 5.74) is 3.45. The first-order chi connectivity index (χ1) is 12.2. The minimum absolute atomic E-state index is 0.234. The maximum absolute atomic E-state index is 10.4. The number of phenolic OH excluding ortho intramolecular Hbond substituents is 1. The molecule has 1 heterocycles. The molecule has 0 aliphatic carbocycles. The Morgan fingerprint density at radius 2 is 1.72 bits per heavy atom. The summed E-state index contributed by atoms with van der Waals surface area (Å²) in [6.45, 7) is 2.00. The third-order valence-corrected chi connectivity index (χ3v) is 4.37. The van der Waals surface area contributed by atoms with Crippen molar-refractivity contribution >= 4 is 10.8 Å². The molecule has 0 unspecified atom stereocenters. The molecule has 4 nitrogen and oxygen atoms in total. The van der Waals surface area contributed by atoms with Crippen LogP contribution in [0.4, 0.5) is 0 Å². The van der Waals surface area contributed by atoms with Gasteiger partial charge in [0.1, 0.15) is 11.5 Å². The van der Waals surface area contributed by atoms with E-state index in [1.807, 2.05) is 72.3 Å². The highest BCUT2D eigenvalue weighted by Crippen LogP contribution is 2.36. The molecule has 0 amide bonds. The average molecular weight is 330 g/mol. The maximum atomic E-state index is 10.4. The summed E-state index contributed by atoms with van der Waals surface area (Å²) in [5.74, 6) is 1.04. The number of methoxy groups -OCH3 is 1. The van der Waals surface area contributed by atoms with Crippen molar-refractivity contribution in [1.82, 2.24) is 9.78 Å². The van der Waals surface area contributed by atoms with Gasteiger partial charge in [-0.2, -0.15) is 5.10 Å². The summed E-state index contributed by atoms with van der Waals surface area (Å²) in [7, 11) is 1.65. The molecule has 4 aromatic rings. The fraction of sp³-hybridized carbons (Fsp3) is 0.0952. The van der Waals surface area contributed by atoms with E-state index >= 15 is 0 Å². The first kappa shape index (κ1) is 15.3. The Kier molecular flexibility index (Phi) is 3.65. The molecule has 0 saturated carbocycles. The molecule has 1 N–H and O–H groups in total. The third-order valence-electron chi connectivity index (χ3n) is 4.37. The van der Waals surface area contributed by atoms with Crippen molar-refractivity contribution < 1.29 is 9.84 Å². The highest BCUT2D eigenvalue weighted by Gasteiger charge is 2.14. The van der Waals surface area contributed by atoms with Crippen LogP contribution in [0.1, 0.15) is 5.69 Å². The molecule has 124 valence electrons. The number of hydrogen-bond donors (Lipinski definition) is 1. The molecule has 0 aliphatic heterocycles. The first-order valence-electron chi connectivity index (χ1n) is 8.09. The number of hydrogen-bond acceptors (Lipinski definition) is 3. The molecule has 0 bridgehead atoms. The molecule has 0 fully saturated rings. The van der Waals surface area contributed by atoms with E-state index in [1.165, 1.54) is 0 Å². The second-order valence-corrected chi connectivity index (χ2v) is 5.96. The molecule has 1 aromatic heterocycles. The Hall–Kier alpha value is -3.27. The topological polar surface area (TPSA) is 47.3 Å². The molecule has 0 aliphatic rings. The van der Waals surface area contributed by atoms with Crippen molar-refractivity contribution in [2.24, 2.45) is 0 Å². The van der Waals surface area contributed by atoms with Crippen LogP contribution in [0.3, 0.4) is 0 Å². The molecule has 0 atom stereocenters.